The zero-order valence-corrected chi connectivity index (χ0v) is 13.0. The van der Waals surface area contributed by atoms with Gasteiger partial charge in [0.05, 0.1) is 11.1 Å². The number of likely N-dealkylation sites (N-methyl/N-ethyl adjacent to an activating group) is 1. The third-order valence-corrected chi connectivity index (χ3v) is 4.79. The van der Waals surface area contributed by atoms with Crippen LogP contribution in [0.3, 0.4) is 0 Å². The molecule has 0 bridgehead atoms. The molecule has 1 aromatic rings. The number of carbonyl (C=O) groups is 1. The molecule has 1 saturated carbocycles. The predicted octanol–water partition coefficient (Wildman–Crippen LogP) is 4.17. The van der Waals surface area contributed by atoms with Gasteiger partial charge in [-0.25, -0.2) is 4.39 Å². The molecule has 0 atom stereocenters. The minimum absolute atomic E-state index is 0.122. The second-order valence-corrected chi connectivity index (χ2v) is 6.50. The topological polar surface area (TPSA) is 20.3 Å². The fourth-order valence-corrected chi connectivity index (χ4v) is 3.20. The van der Waals surface area contributed by atoms with Crippen molar-refractivity contribution in [1.29, 1.82) is 0 Å². The molecular weight excluding hydrogens is 277 g/mol. The van der Waals surface area contributed by atoms with Crippen LogP contribution in [-0.2, 0) is 0 Å². The summed E-state index contributed by atoms with van der Waals surface area (Å²) in [5.74, 6) is -0.0168. The van der Waals surface area contributed by atoms with Gasteiger partial charge in [0.2, 0.25) is 0 Å². The van der Waals surface area contributed by atoms with Crippen LogP contribution in [0.5, 0.6) is 0 Å². The fourth-order valence-electron chi connectivity index (χ4n) is 3.04. The fraction of sp³-hybridized carbons (Fsp3) is 0.562. The van der Waals surface area contributed by atoms with Crippen molar-refractivity contribution in [3.8, 4) is 0 Å². The zero-order valence-electron chi connectivity index (χ0n) is 12.2. The van der Waals surface area contributed by atoms with E-state index in [1.54, 1.807) is 6.07 Å². The van der Waals surface area contributed by atoms with Crippen LogP contribution in [0.15, 0.2) is 18.2 Å². The minimum Gasteiger partial charge on any atom is -0.297 e. The van der Waals surface area contributed by atoms with Crippen LogP contribution >= 0.6 is 11.6 Å². The van der Waals surface area contributed by atoms with Crippen molar-refractivity contribution in [2.75, 3.05) is 14.1 Å². The maximum Gasteiger partial charge on any atom is 0.185 e. The second-order valence-electron chi connectivity index (χ2n) is 6.06. The molecular formula is C16H21ClFNO. The standard InChI is InChI=1S/C16H21ClFNO/c1-11-6-8-16(9-7-11,19(2)3)15(20)13-5-4-12(17)10-14(13)18/h4-5,10-11H,6-9H2,1-3H3. The Bertz CT molecular complexity index is 507. The van der Waals surface area contributed by atoms with Gasteiger partial charge in [-0.2, -0.15) is 0 Å². The molecule has 20 heavy (non-hydrogen) atoms. The Hall–Kier alpha value is -0.930. The SMILES string of the molecule is CC1CCC(C(=O)c2ccc(Cl)cc2F)(N(C)C)CC1. The van der Waals surface area contributed by atoms with Gasteiger partial charge in [0.1, 0.15) is 5.82 Å². The van der Waals surface area contributed by atoms with Gasteiger partial charge in [0.25, 0.3) is 0 Å². The summed E-state index contributed by atoms with van der Waals surface area (Å²) in [7, 11) is 3.81. The lowest BCUT2D eigenvalue weighted by Gasteiger charge is -2.43. The lowest BCUT2D eigenvalue weighted by atomic mass is 9.72. The Labute approximate surface area is 124 Å². The molecule has 0 aromatic heterocycles. The normalized spacial score (nSPS) is 26.8. The molecule has 0 saturated heterocycles. The molecule has 0 unspecified atom stereocenters. The average molecular weight is 298 g/mol. The van der Waals surface area contributed by atoms with Gasteiger partial charge in [-0.05, 0) is 63.9 Å². The van der Waals surface area contributed by atoms with E-state index in [1.165, 1.54) is 12.1 Å². The summed E-state index contributed by atoms with van der Waals surface area (Å²) in [5, 5.41) is 0.315. The van der Waals surface area contributed by atoms with Crippen LogP contribution < -0.4 is 0 Å². The molecule has 0 aliphatic heterocycles. The highest BCUT2D eigenvalue weighted by Crippen LogP contribution is 2.38. The van der Waals surface area contributed by atoms with Crippen LogP contribution in [0.2, 0.25) is 5.02 Å². The van der Waals surface area contributed by atoms with Crippen LogP contribution in [0.4, 0.5) is 4.39 Å². The smallest absolute Gasteiger partial charge is 0.185 e. The summed E-state index contributed by atoms with van der Waals surface area (Å²) in [6.07, 6.45) is 3.56. The van der Waals surface area contributed by atoms with Crippen molar-refractivity contribution in [2.45, 2.75) is 38.1 Å². The summed E-state index contributed by atoms with van der Waals surface area (Å²) in [6.45, 7) is 2.20. The number of halogens is 2. The molecule has 4 heteroatoms. The van der Waals surface area contributed by atoms with Crippen LogP contribution in [0.1, 0.15) is 43.0 Å². The highest BCUT2D eigenvalue weighted by molar-refractivity contribution is 6.30. The van der Waals surface area contributed by atoms with E-state index in [4.69, 9.17) is 11.6 Å². The van der Waals surface area contributed by atoms with Crippen molar-refractivity contribution in [3.05, 3.63) is 34.6 Å². The minimum atomic E-state index is -0.582. The maximum absolute atomic E-state index is 14.0. The van der Waals surface area contributed by atoms with E-state index in [0.717, 1.165) is 25.7 Å². The van der Waals surface area contributed by atoms with E-state index >= 15 is 0 Å². The van der Waals surface area contributed by atoms with E-state index in [2.05, 4.69) is 6.92 Å². The Morgan fingerprint density at radius 3 is 2.45 bits per heavy atom. The van der Waals surface area contributed by atoms with Gasteiger partial charge in [-0.15, -0.1) is 0 Å². The molecule has 2 rings (SSSR count). The summed E-state index contributed by atoms with van der Waals surface area (Å²) >= 11 is 5.76. The average Bonchev–Trinajstić information content (AvgIpc) is 2.39. The number of nitrogens with zero attached hydrogens (tertiary/aromatic N) is 1. The third kappa shape index (κ3) is 2.75. The molecule has 1 aliphatic carbocycles. The van der Waals surface area contributed by atoms with Gasteiger partial charge in [-0.1, -0.05) is 18.5 Å². The lowest BCUT2D eigenvalue weighted by Crippen LogP contribution is -2.53. The first-order valence-corrected chi connectivity index (χ1v) is 7.42. The molecule has 0 spiro atoms. The van der Waals surface area contributed by atoms with E-state index in [9.17, 15) is 9.18 Å². The highest BCUT2D eigenvalue weighted by atomic mass is 35.5. The summed E-state index contributed by atoms with van der Waals surface area (Å²) in [6, 6.07) is 4.29. The molecule has 0 radical (unpaired) electrons. The first kappa shape index (κ1) is 15.5. The molecule has 2 nitrogen and oxygen atoms in total. The molecule has 1 aromatic carbocycles. The van der Waals surface area contributed by atoms with E-state index in [1.807, 2.05) is 19.0 Å². The van der Waals surface area contributed by atoms with Gasteiger partial charge in [-0.3, -0.25) is 9.69 Å². The Morgan fingerprint density at radius 2 is 1.95 bits per heavy atom. The quantitative estimate of drug-likeness (QED) is 0.780. The number of ketones is 1. The predicted molar refractivity (Wildman–Crippen MR) is 79.8 cm³/mol. The van der Waals surface area contributed by atoms with Crippen molar-refractivity contribution < 1.29 is 9.18 Å². The number of benzene rings is 1. The third-order valence-electron chi connectivity index (χ3n) is 4.56. The molecule has 1 aliphatic rings. The van der Waals surface area contributed by atoms with Crippen molar-refractivity contribution in [3.63, 3.8) is 0 Å². The number of rotatable bonds is 3. The van der Waals surface area contributed by atoms with Crippen LogP contribution in [0, 0.1) is 11.7 Å². The van der Waals surface area contributed by atoms with E-state index in [-0.39, 0.29) is 11.3 Å². The molecule has 0 heterocycles. The maximum atomic E-state index is 14.0. The van der Waals surface area contributed by atoms with Crippen molar-refractivity contribution in [1.82, 2.24) is 4.90 Å². The summed E-state index contributed by atoms with van der Waals surface area (Å²) in [5.41, 5.74) is -0.432. The van der Waals surface area contributed by atoms with Crippen LogP contribution in [-0.4, -0.2) is 30.3 Å². The number of hydrogen-bond acceptors (Lipinski definition) is 2. The lowest BCUT2D eigenvalue weighted by molar-refractivity contribution is 0.0509. The molecule has 0 N–H and O–H groups in total. The number of Topliss-reactive ketones (excluding diaryl/α,β-unsaturated/α-hetero) is 1. The summed E-state index contributed by atoms with van der Waals surface area (Å²) in [4.78, 5) is 14.8. The molecule has 0 amide bonds. The van der Waals surface area contributed by atoms with Gasteiger partial charge < -0.3 is 0 Å². The van der Waals surface area contributed by atoms with Gasteiger partial charge in [0.15, 0.2) is 5.78 Å². The highest BCUT2D eigenvalue weighted by Gasteiger charge is 2.43. The Morgan fingerprint density at radius 1 is 1.35 bits per heavy atom. The van der Waals surface area contributed by atoms with Crippen LogP contribution in [0.25, 0.3) is 0 Å². The van der Waals surface area contributed by atoms with Gasteiger partial charge >= 0.3 is 0 Å². The van der Waals surface area contributed by atoms with Crippen molar-refractivity contribution in [2.24, 2.45) is 5.92 Å². The molecule has 1 fully saturated rings. The first-order valence-electron chi connectivity index (χ1n) is 7.04. The first-order chi connectivity index (χ1) is 9.36. The van der Waals surface area contributed by atoms with Gasteiger partial charge in [0, 0.05) is 5.02 Å². The molecule has 110 valence electrons. The zero-order chi connectivity index (χ0) is 14.9. The summed E-state index contributed by atoms with van der Waals surface area (Å²) < 4.78 is 14.0. The van der Waals surface area contributed by atoms with Crippen molar-refractivity contribution >= 4 is 17.4 Å². The second kappa shape index (κ2) is 5.82. The Balaban J connectivity index is 2.37. The number of hydrogen-bond donors (Lipinski definition) is 0. The monoisotopic (exact) mass is 297 g/mol. The van der Waals surface area contributed by atoms with E-state index in [0.29, 0.717) is 10.9 Å². The Kier molecular flexibility index (Phi) is 4.50. The number of carbonyl (C=O) groups excluding carboxylic acids is 1. The van der Waals surface area contributed by atoms with E-state index < -0.39 is 11.4 Å². The largest absolute Gasteiger partial charge is 0.297 e.